The molecular formula is C11H16O5. The first kappa shape index (κ1) is 14.2. The smallest absolute Gasteiger partial charge is 0.374 e. The molecule has 0 aliphatic heterocycles. The summed E-state index contributed by atoms with van der Waals surface area (Å²) in [6.45, 7) is 5.59. The van der Waals surface area contributed by atoms with Gasteiger partial charge in [-0.3, -0.25) is 0 Å². The summed E-state index contributed by atoms with van der Waals surface area (Å²) in [5, 5.41) is 0. The molecule has 0 aromatic carbocycles. The van der Waals surface area contributed by atoms with Gasteiger partial charge in [0.15, 0.2) is 0 Å². The van der Waals surface area contributed by atoms with E-state index in [0.717, 1.165) is 0 Å². The molecule has 0 spiro atoms. The molecule has 0 N–H and O–H groups in total. The molecule has 5 nitrogen and oxygen atoms in total. The predicted octanol–water partition coefficient (Wildman–Crippen LogP) is 2.19. The van der Waals surface area contributed by atoms with Crippen LogP contribution in [0.5, 0.6) is 0 Å². The molecule has 1 aromatic heterocycles. The molecule has 5 heteroatoms. The van der Waals surface area contributed by atoms with Gasteiger partial charge in [0.25, 0.3) is 0 Å². The Bertz CT molecular complexity index is 331. The number of methoxy groups -OCH3 is 2. The summed E-state index contributed by atoms with van der Waals surface area (Å²) in [4.78, 5) is 22.2. The molecule has 90 valence electrons. The van der Waals surface area contributed by atoms with E-state index < -0.39 is 11.9 Å². The zero-order valence-electron chi connectivity index (χ0n) is 10.1. The van der Waals surface area contributed by atoms with Crippen molar-refractivity contribution in [3.8, 4) is 0 Å². The molecule has 1 heterocycles. The van der Waals surface area contributed by atoms with E-state index in [0.29, 0.717) is 5.56 Å². The molecule has 0 amide bonds. The van der Waals surface area contributed by atoms with Gasteiger partial charge in [0, 0.05) is 5.56 Å². The zero-order chi connectivity index (χ0) is 12.7. The number of hydrogen-bond acceptors (Lipinski definition) is 5. The number of furan rings is 1. The fourth-order valence-electron chi connectivity index (χ4n) is 1.02. The number of hydrogen-bond donors (Lipinski definition) is 0. The molecule has 1 rings (SSSR count). The maximum absolute atomic E-state index is 11.1. The maximum Gasteiger partial charge on any atom is 0.374 e. The third kappa shape index (κ3) is 2.85. The first-order chi connectivity index (χ1) is 7.61. The number of ether oxygens (including phenoxy) is 2. The van der Waals surface area contributed by atoms with Crippen molar-refractivity contribution in [1.29, 1.82) is 0 Å². The SMILES string of the molecule is CC.COC(=O)c1coc(C(=O)OC)c1C. The predicted molar refractivity (Wildman–Crippen MR) is 57.5 cm³/mol. The Morgan fingerprint density at radius 1 is 1.12 bits per heavy atom. The third-order valence-electron chi connectivity index (χ3n) is 1.82. The van der Waals surface area contributed by atoms with Crippen LogP contribution in [-0.2, 0) is 9.47 Å². The number of carbonyl (C=O) groups is 2. The van der Waals surface area contributed by atoms with Crippen molar-refractivity contribution in [2.75, 3.05) is 14.2 Å². The van der Waals surface area contributed by atoms with Gasteiger partial charge in [-0.1, -0.05) is 13.8 Å². The van der Waals surface area contributed by atoms with Crippen LogP contribution in [0.15, 0.2) is 10.7 Å². The minimum Gasteiger partial charge on any atom is -0.465 e. The first-order valence-corrected chi connectivity index (χ1v) is 4.86. The van der Waals surface area contributed by atoms with Gasteiger partial charge in [0.05, 0.1) is 14.2 Å². The van der Waals surface area contributed by atoms with Crippen LogP contribution in [0, 0.1) is 6.92 Å². The van der Waals surface area contributed by atoms with Gasteiger partial charge in [-0.15, -0.1) is 0 Å². The summed E-state index contributed by atoms with van der Waals surface area (Å²) < 4.78 is 13.8. The van der Waals surface area contributed by atoms with Crippen molar-refractivity contribution >= 4 is 11.9 Å². The largest absolute Gasteiger partial charge is 0.465 e. The third-order valence-corrected chi connectivity index (χ3v) is 1.82. The van der Waals surface area contributed by atoms with E-state index in [1.165, 1.54) is 20.5 Å². The minimum atomic E-state index is -0.613. The average molecular weight is 228 g/mol. The minimum absolute atomic E-state index is 0.0212. The second-order valence-electron chi connectivity index (χ2n) is 2.59. The van der Waals surface area contributed by atoms with E-state index in [-0.39, 0.29) is 11.3 Å². The highest BCUT2D eigenvalue weighted by Gasteiger charge is 2.21. The maximum atomic E-state index is 11.1. The Morgan fingerprint density at radius 3 is 2.06 bits per heavy atom. The van der Waals surface area contributed by atoms with Crippen LogP contribution in [0.1, 0.15) is 40.3 Å². The molecule has 0 fully saturated rings. The van der Waals surface area contributed by atoms with Crippen molar-refractivity contribution in [3.63, 3.8) is 0 Å². The van der Waals surface area contributed by atoms with Crippen molar-refractivity contribution < 1.29 is 23.5 Å². The lowest BCUT2D eigenvalue weighted by atomic mass is 10.2. The Kier molecular flexibility index (Phi) is 5.92. The van der Waals surface area contributed by atoms with Crippen LogP contribution in [0.2, 0.25) is 0 Å². The van der Waals surface area contributed by atoms with Gasteiger partial charge >= 0.3 is 11.9 Å². The quantitative estimate of drug-likeness (QED) is 0.726. The second kappa shape index (κ2) is 6.66. The van der Waals surface area contributed by atoms with Crippen LogP contribution in [-0.4, -0.2) is 26.2 Å². The summed E-state index contributed by atoms with van der Waals surface area (Å²) in [6, 6.07) is 0. The van der Waals surface area contributed by atoms with E-state index in [2.05, 4.69) is 9.47 Å². The lowest BCUT2D eigenvalue weighted by Gasteiger charge is -1.97. The molecule has 0 aliphatic carbocycles. The fraction of sp³-hybridized carbons (Fsp3) is 0.455. The summed E-state index contributed by atoms with van der Waals surface area (Å²) in [5.41, 5.74) is 0.650. The van der Waals surface area contributed by atoms with Crippen molar-refractivity contribution in [3.05, 3.63) is 23.2 Å². The highest BCUT2D eigenvalue weighted by molar-refractivity contribution is 5.96. The molecule has 0 atom stereocenters. The molecule has 0 radical (unpaired) electrons. The van der Waals surface area contributed by atoms with Gasteiger partial charge < -0.3 is 13.9 Å². The van der Waals surface area contributed by atoms with E-state index in [4.69, 9.17) is 4.42 Å². The van der Waals surface area contributed by atoms with Gasteiger partial charge in [-0.2, -0.15) is 0 Å². The standard InChI is InChI=1S/C9H10O5.C2H6/c1-5-6(8(10)12-2)4-14-7(5)9(11)13-3;1-2/h4H,1-3H3;1-2H3. The van der Waals surface area contributed by atoms with E-state index >= 15 is 0 Å². The fourth-order valence-corrected chi connectivity index (χ4v) is 1.02. The van der Waals surface area contributed by atoms with E-state index in [1.54, 1.807) is 6.92 Å². The van der Waals surface area contributed by atoms with Crippen molar-refractivity contribution in [1.82, 2.24) is 0 Å². The number of rotatable bonds is 2. The summed E-state index contributed by atoms with van der Waals surface area (Å²) in [5.74, 6) is -1.13. The van der Waals surface area contributed by atoms with Gasteiger partial charge in [0.1, 0.15) is 11.8 Å². The molecule has 0 bridgehead atoms. The molecule has 16 heavy (non-hydrogen) atoms. The van der Waals surface area contributed by atoms with Crippen molar-refractivity contribution in [2.24, 2.45) is 0 Å². The van der Waals surface area contributed by atoms with Crippen LogP contribution in [0.3, 0.4) is 0 Å². The molecule has 1 aromatic rings. The number of carbonyl (C=O) groups excluding carboxylic acids is 2. The summed E-state index contributed by atoms with van der Waals surface area (Å²) in [6.07, 6.45) is 1.17. The van der Waals surface area contributed by atoms with Gasteiger partial charge in [-0.05, 0) is 6.92 Å². The number of esters is 2. The molecule has 0 aliphatic rings. The van der Waals surface area contributed by atoms with Crippen LogP contribution in [0.25, 0.3) is 0 Å². The van der Waals surface area contributed by atoms with E-state index in [1.807, 2.05) is 13.8 Å². The monoisotopic (exact) mass is 228 g/mol. The van der Waals surface area contributed by atoms with Gasteiger partial charge in [-0.25, -0.2) is 9.59 Å². The Morgan fingerprint density at radius 2 is 1.62 bits per heavy atom. The highest BCUT2D eigenvalue weighted by Crippen LogP contribution is 2.17. The topological polar surface area (TPSA) is 65.7 Å². The van der Waals surface area contributed by atoms with Gasteiger partial charge in [0.2, 0.25) is 5.76 Å². The van der Waals surface area contributed by atoms with Crippen LogP contribution >= 0.6 is 0 Å². The molecule has 0 unspecified atom stereocenters. The Hall–Kier alpha value is -1.78. The molecule has 0 saturated heterocycles. The Labute approximate surface area is 94.3 Å². The molecular weight excluding hydrogens is 212 g/mol. The molecule has 0 saturated carbocycles. The normalized spacial score (nSPS) is 8.81. The Balaban J connectivity index is 0.00000106. The van der Waals surface area contributed by atoms with Crippen molar-refractivity contribution in [2.45, 2.75) is 20.8 Å². The highest BCUT2D eigenvalue weighted by atomic mass is 16.5. The lowest BCUT2D eigenvalue weighted by Crippen LogP contribution is -2.05. The van der Waals surface area contributed by atoms with E-state index in [9.17, 15) is 9.59 Å². The van der Waals surface area contributed by atoms with Crippen LogP contribution in [0.4, 0.5) is 0 Å². The summed E-state index contributed by atoms with van der Waals surface area (Å²) >= 11 is 0. The lowest BCUT2D eigenvalue weighted by molar-refractivity contribution is 0.0562. The second-order valence-corrected chi connectivity index (χ2v) is 2.59. The first-order valence-electron chi connectivity index (χ1n) is 4.86. The summed E-state index contributed by atoms with van der Waals surface area (Å²) in [7, 11) is 2.49. The zero-order valence-corrected chi connectivity index (χ0v) is 10.1. The average Bonchev–Trinajstić information content (AvgIpc) is 2.71. The van der Waals surface area contributed by atoms with Crippen LogP contribution < -0.4 is 0 Å².